The molecule has 0 amide bonds. The smallest absolute Gasteiger partial charge is 0.314 e. The van der Waals surface area contributed by atoms with Crippen LogP contribution in [0.5, 0.6) is 0 Å². The van der Waals surface area contributed by atoms with Gasteiger partial charge in [-0.15, -0.1) is 0 Å². The van der Waals surface area contributed by atoms with Crippen molar-refractivity contribution in [1.29, 1.82) is 0 Å². The Hall–Kier alpha value is 3.93. The highest BCUT2D eigenvalue weighted by atomic mass is 28.6. The van der Waals surface area contributed by atoms with Crippen LogP contribution in [0.2, 0.25) is 288 Å². The highest BCUT2D eigenvalue weighted by Crippen LogP contribution is 2.35. The Labute approximate surface area is 559 Å². The van der Waals surface area contributed by atoms with Crippen LogP contribution >= 0.6 is 0 Å². The second-order valence-electron chi connectivity index (χ2n) is 32.3. The van der Waals surface area contributed by atoms with Crippen molar-refractivity contribution in [2.75, 3.05) is 0 Å². The Balaban J connectivity index is 5.84. The van der Waals surface area contributed by atoms with Crippen LogP contribution in [0.25, 0.3) is 0 Å². The molecule has 21 nitrogen and oxygen atoms in total. The summed E-state index contributed by atoms with van der Waals surface area (Å²) >= 11 is 0. The maximum atomic E-state index is 6.96. The first kappa shape index (κ1) is 90.9. The fourth-order valence-corrected chi connectivity index (χ4v) is 123. The van der Waals surface area contributed by atoms with Gasteiger partial charge in [0.2, 0.25) is 0 Å². The monoisotopic (exact) mass is 1610 g/mol. The van der Waals surface area contributed by atoms with Gasteiger partial charge in [0.25, 0.3) is 0 Å². The SMILES string of the molecule is C[SiH](C)O[Si](C)(C)O[Si](C)(C)O[Si](C)(C)O[Si](C)(C)O[Si](C)(C)O[Si](C)(C)O[Si](C)(C)O[Si](C)(C)O[Si](C)(C)O[Si](C)(C)O[Si](C)(C)O[Si](C)(C)O[Si](C)(C)O[Si](C)(C)O[Si](C)(C)O[Si](C)(C)O[Si](C)(C)O[Si](C)(C)O[Si](C)(C)O[Si](C)(C)O[SiH](C)C. The minimum Gasteiger partial charge on any atom is -0.440 e. The van der Waals surface area contributed by atoms with Crippen LogP contribution in [0.3, 0.4) is 0 Å². The van der Waals surface area contributed by atoms with Crippen molar-refractivity contribution in [3.05, 3.63) is 0 Å². The molecule has 0 fully saturated rings. The fourth-order valence-electron chi connectivity index (χ4n) is 12.8. The molecule has 0 radical (unpaired) electrons. The van der Waals surface area contributed by atoms with Gasteiger partial charge in [-0.2, -0.15) is 0 Å². The summed E-state index contributed by atoms with van der Waals surface area (Å²) in [4.78, 5) is 0. The van der Waals surface area contributed by atoms with Gasteiger partial charge in [-0.1, -0.05) is 0 Å². The zero-order chi connectivity index (χ0) is 70.0. The third kappa shape index (κ3) is 42.5. The highest BCUT2D eigenvalue weighted by Gasteiger charge is 2.55. The molecule has 0 aliphatic rings. The van der Waals surface area contributed by atoms with E-state index in [9.17, 15) is 0 Å². The van der Waals surface area contributed by atoms with Crippen molar-refractivity contribution in [2.45, 2.75) is 288 Å². The summed E-state index contributed by atoms with van der Waals surface area (Å²) in [7, 11) is -57.5. The number of hydrogen-bond acceptors (Lipinski definition) is 21. The van der Waals surface area contributed by atoms with E-state index < -0.39 is 189 Å². The van der Waals surface area contributed by atoms with Crippen molar-refractivity contribution in [3.63, 3.8) is 0 Å². The Morgan fingerprint density at radius 1 is 0.115 bits per heavy atom. The second kappa shape index (κ2) is 31.2. The molecule has 0 rings (SSSR count). The van der Waals surface area contributed by atoms with Crippen LogP contribution < -0.4 is 0 Å². The molecular weight excluding hydrogens is 1480 g/mol. The predicted octanol–water partition coefficient (Wildman–Crippen LogP) is 15.3. The van der Waals surface area contributed by atoms with Gasteiger partial charge in [-0.05, 0) is 288 Å². The molecule has 0 atom stereocenters. The molecule has 0 aromatic rings. The normalized spacial score (nSPS) is 16.1. The zero-order valence-corrected chi connectivity index (χ0v) is 86.0. The quantitative estimate of drug-likeness (QED) is 0.0523. The van der Waals surface area contributed by atoms with Crippen molar-refractivity contribution in [2.24, 2.45) is 0 Å². The van der Waals surface area contributed by atoms with E-state index in [1.165, 1.54) is 0 Å². The maximum Gasteiger partial charge on any atom is 0.314 e. The highest BCUT2D eigenvalue weighted by molar-refractivity contribution is 6.96. The first-order valence-electron chi connectivity index (χ1n) is 30.9. The number of hydrogen-bond donors (Lipinski definition) is 0. The summed E-state index contributed by atoms with van der Waals surface area (Å²) in [6, 6.07) is 0. The van der Waals surface area contributed by atoms with Crippen molar-refractivity contribution >= 4 is 189 Å². The average molecular weight is 1620 g/mol. The van der Waals surface area contributed by atoms with E-state index >= 15 is 0 Å². The summed E-state index contributed by atoms with van der Waals surface area (Å²) < 4.78 is 143. The van der Waals surface area contributed by atoms with Gasteiger partial charge in [0.15, 0.2) is 18.1 Å². The zero-order valence-electron chi connectivity index (χ0n) is 63.7. The van der Waals surface area contributed by atoms with Gasteiger partial charge in [-0.3, -0.25) is 0 Å². The van der Waals surface area contributed by atoms with E-state index in [4.69, 9.17) is 86.4 Å². The molecule has 0 aromatic carbocycles. The molecule has 0 N–H and O–H groups in total. The van der Waals surface area contributed by atoms with Gasteiger partial charge in [0.05, 0.1) is 0 Å². The van der Waals surface area contributed by atoms with Crippen LogP contribution in [0.15, 0.2) is 0 Å². The fraction of sp³-hybridized carbons (Fsp3) is 1.00. The Kier molecular flexibility index (Phi) is 32.6. The summed E-state index contributed by atoms with van der Waals surface area (Å²) in [6.07, 6.45) is 0. The molecule has 0 aromatic heterocycles. The molecule has 0 saturated carbocycles. The third-order valence-electron chi connectivity index (χ3n) is 10.4. The van der Waals surface area contributed by atoms with E-state index in [2.05, 4.69) is 288 Å². The average Bonchev–Trinajstić information content (AvgIpc) is 2.98. The van der Waals surface area contributed by atoms with Crippen LogP contribution in [0.1, 0.15) is 0 Å². The molecular formula is C44H134O21Si22. The molecule has 0 heterocycles. The van der Waals surface area contributed by atoms with Gasteiger partial charge >= 0.3 is 171 Å². The van der Waals surface area contributed by atoms with Gasteiger partial charge < -0.3 is 86.4 Å². The predicted molar refractivity (Wildman–Crippen MR) is 410 cm³/mol. The van der Waals surface area contributed by atoms with E-state index in [1.807, 2.05) is 0 Å². The minimum absolute atomic E-state index is 1.27. The molecule has 0 saturated heterocycles. The van der Waals surface area contributed by atoms with Gasteiger partial charge in [0.1, 0.15) is 0 Å². The lowest BCUT2D eigenvalue weighted by Gasteiger charge is -2.45. The van der Waals surface area contributed by atoms with Gasteiger partial charge in [0, 0.05) is 0 Å². The molecule has 43 heteroatoms. The molecule has 0 aliphatic carbocycles. The molecule has 0 aliphatic heterocycles. The van der Waals surface area contributed by atoms with Crippen LogP contribution in [-0.2, 0) is 86.4 Å². The Morgan fingerprint density at radius 2 is 0.172 bits per heavy atom. The third-order valence-corrected chi connectivity index (χ3v) is 93.4. The van der Waals surface area contributed by atoms with Crippen LogP contribution in [-0.4, -0.2) is 189 Å². The van der Waals surface area contributed by atoms with Crippen LogP contribution in [0, 0.1) is 0 Å². The largest absolute Gasteiger partial charge is 0.440 e. The summed E-state index contributed by atoms with van der Waals surface area (Å²) in [5, 5.41) is 0. The van der Waals surface area contributed by atoms with E-state index in [-0.39, 0.29) is 0 Å². The lowest BCUT2D eigenvalue weighted by Crippen LogP contribution is -2.63. The standard InChI is InChI=1S/C44H134O21Si22/c1-66(2)45-68(5,6)47-70(9,10)49-72(13,14)51-74(17,18)53-76(21,22)55-78(25,26)57-80(29,30)59-82(33,34)61-84(37,38)63-86(41,42)65-87(43,44)64-85(39,40)62-83(35,36)60-81(31,32)58-79(27,28)56-77(23,24)54-75(19,20)52-73(15,16)50-71(11,12)48-69(7,8)46-67(3)4/h66-67H,1-44H3. The van der Waals surface area contributed by atoms with E-state index in [0.717, 1.165) is 0 Å². The molecule has 0 spiro atoms. The first-order chi connectivity index (χ1) is 37.3. The van der Waals surface area contributed by atoms with E-state index in [1.54, 1.807) is 0 Å². The lowest BCUT2D eigenvalue weighted by molar-refractivity contribution is 0.249. The van der Waals surface area contributed by atoms with Crippen LogP contribution in [0.4, 0.5) is 0 Å². The Bertz CT molecular complexity index is 2020. The van der Waals surface area contributed by atoms with Crippen molar-refractivity contribution in [1.82, 2.24) is 0 Å². The Morgan fingerprint density at radius 3 is 0.230 bits per heavy atom. The second-order valence-corrected chi connectivity index (χ2v) is 110. The topological polar surface area (TPSA) is 194 Å². The summed E-state index contributed by atoms with van der Waals surface area (Å²) in [6.45, 7) is 91.3. The lowest BCUT2D eigenvalue weighted by atomic mass is 11.9. The summed E-state index contributed by atoms with van der Waals surface area (Å²) in [5.41, 5.74) is 0. The van der Waals surface area contributed by atoms with Gasteiger partial charge in [-0.25, -0.2) is 0 Å². The van der Waals surface area contributed by atoms with E-state index in [0.29, 0.717) is 0 Å². The first-order valence-corrected chi connectivity index (χ1v) is 92.8. The molecule has 524 valence electrons. The van der Waals surface area contributed by atoms with Crippen molar-refractivity contribution < 1.29 is 86.4 Å². The summed E-state index contributed by atoms with van der Waals surface area (Å²) in [5.74, 6) is 0. The molecule has 0 bridgehead atoms. The maximum absolute atomic E-state index is 6.96. The molecule has 0 unspecified atom stereocenters. The minimum atomic E-state index is -2.87. The molecule has 87 heavy (non-hydrogen) atoms. The van der Waals surface area contributed by atoms with Crippen molar-refractivity contribution in [3.8, 4) is 0 Å². The number of rotatable bonds is 42.